The summed E-state index contributed by atoms with van der Waals surface area (Å²) in [5, 5.41) is 7.79. The van der Waals surface area contributed by atoms with Crippen LogP contribution in [0.4, 0.5) is 11.8 Å². The minimum Gasteiger partial charge on any atom is -0.465 e. The number of esters is 1. The normalized spacial score (nSPS) is 24.0. The van der Waals surface area contributed by atoms with Gasteiger partial charge in [-0.1, -0.05) is 19.0 Å². The fraction of sp³-hybridized carbons (Fsp3) is 0.680. The van der Waals surface area contributed by atoms with Gasteiger partial charge in [0.15, 0.2) is 11.6 Å². The van der Waals surface area contributed by atoms with E-state index in [0.29, 0.717) is 30.4 Å². The number of nitrogens with one attached hydrogen (secondary N) is 1. The van der Waals surface area contributed by atoms with Gasteiger partial charge in [0.1, 0.15) is 5.92 Å². The van der Waals surface area contributed by atoms with Crippen LogP contribution in [0.15, 0.2) is 23.0 Å². The van der Waals surface area contributed by atoms with E-state index in [1.807, 2.05) is 39.2 Å². The number of anilines is 2. The number of carbonyl (C=O) groups is 1. The Morgan fingerprint density at radius 1 is 1.15 bits per heavy atom. The highest BCUT2D eigenvalue weighted by Gasteiger charge is 2.38. The van der Waals surface area contributed by atoms with Crippen LogP contribution < -0.4 is 15.1 Å². The lowest BCUT2D eigenvalue weighted by molar-refractivity contribution is -0.146. The highest BCUT2D eigenvalue weighted by Crippen LogP contribution is 2.34. The van der Waals surface area contributed by atoms with Crippen molar-refractivity contribution in [2.24, 2.45) is 5.92 Å². The Labute approximate surface area is 201 Å². The molecule has 0 aliphatic carbocycles. The average Bonchev–Trinajstić information content (AvgIpc) is 3.41. The van der Waals surface area contributed by atoms with Crippen LogP contribution in [0.2, 0.25) is 0 Å². The molecule has 9 heteroatoms. The van der Waals surface area contributed by atoms with E-state index in [0.717, 1.165) is 50.8 Å². The number of nitrogens with zero attached hydrogens (tertiary/aromatic N) is 5. The summed E-state index contributed by atoms with van der Waals surface area (Å²) in [6.45, 7) is 9.99. The third-order valence-corrected chi connectivity index (χ3v) is 7.59. The summed E-state index contributed by atoms with van der Waals surface area (Å²) in [6, 6.07) is 2.96. The predicted octanol–water partition coefficient (Wildman–Crippen LogP) is 3.09. The first-order chi connectivity index (χ1) is 16.5. The predicted molar refractivity (Wildman–Crippen MR) is 129 cm³/mol. The van der Waals surface area contributed by atoms with Crippen LogP contribution in [0.5, 0.6) is 0 Å². The fourth-order valence-electron chi connectivity index (χ4n) is 5.75. The van der Waals surface area contributed by atoms with Crippen LogP contribution >= 0.6 is 0 Å². The van der Waals surface area contributed by atoms with E-state index in [1.54, 1.807) is 0 Å². The number of aromatic nitrogens is 3. The summed E-state index contributed by atoms with van der Waals surface area (Å²) in [5.74, 6) is 2.09. The number of hydrogen-bond donors (Lipinski definition) is 1. The minimum atomic E-state index is -0.430. The Hall–Kier alpha value is -2.68. The molecule has 3 saturated heterocycles. The number of piperidine rings is 1. The second kappa shape index (κ2) is 9.90. The molecule has 2 aromatic heterocycles. The molecule has 3 atom stereocenters. The molecule has 0 aromatic carbocycles. The van der Waals surface area contributed by atoms with Gasteiger partial charge in [-0.2, -0.15) is 0 Å². The second-order valence-corrected chi connectivity index (χ2v) is 10.1. The van der Waals surface area contributed by atoms with Crippen LogP contribution in [-0.4, -0.2) is 66.0 Å². The Balaban J connectivity index is 1.20. The molecule has 0 saturated carbocycles. The lowest BCUT2D eigenvalue weighted by Crippen LogP contribution is -2.52. The SMILES string of the molecule is CCOC(=O)C(c1cc(N2CCC(c3cnc(N4C5CCC4CNC5)nc3)CC2)no1)C(C)C. The quantitative estimate of drug-likeness (QED) is 0.615. The number of carbonyl (C=O) groups excluding carboxylic acids is 1. The van der Waals surface area contributed by atoms with Crippen molar-refractivity contribution in [3.63, 3.8) is 0 Å². The zero-order chi connectivity index (χ0) is 23.7. The summed E-state index contributed by atoms with van der Waals surface area (Å²) in [6.07, 6.45) is 8.53. The van der Waals surface area contributed by atoms with Crippen molar-refractivity contribution in [2.75, 3.05) is 42.6 Å². The summed E-state index contributed by atoms with van der Waals surface area (Å²) < 4.78 is 10.8. The maximum Gasteiger partial charge on any atom is 0.317 e. The van der Waals surface area contributed by atoms with Gasteiger partial charge >= 0.3 is 5.97 Å². The molecule has 3 aliphatic heterocycles. The highest BCUT2D eigenvalue weighted by molar-refractivity contribution is 5.78. The molecule has 5 rings (SSSR count). The van der Waals surface area contributed by atoms with Crippen molar-refractivity contribution in [3.05, 3.63) is 29.8 Å². The summed E-state index contributed by atoms with van der Waals surface area (Å²) in [7, 11) is 0. The van der Waals surface area contributed by atoms with Gasteiger partial charge in [-0.15, -0.1) is 0 Å². The lowest BCUT2D eigenvalue weighted by Gasteiger charge is -2.35. The Morgan fingerprint density at radius 2 is 1.82 bits per heavy atom. The third-order valence-electron chi connectivity index (χ3n) is 7.59. The standard InChI is InChI=1S/C25H36N6O3/c1-4-33-24(32)23(16(2)3)21-11-22(29-34-21)30-9-7-17(8-10-30)18-12-27-25(28-13-18)31-19-5-6-20(31)15-26-14-19/h11-13,16-17,19-20,23,26H,4-10,14-15H2,1-3H3. The fourth-order valence-corrected chi connectivity index (χ4v) is 5.75. The smallest absolute Gasteiger partial charge is 0.317 e. The summed E-state index contributed by atoms with van der Waals surface area (Å²) in [4.78, 5) is 26.6. The third kappa shape index (κ3) is 4.50. The van der Waals surface area contributed by atoms with Crippen molar-refractivity contribution >= 4 is 17.7 Å². The monoisotopic (exact) mass is 468 g/mol. The molecule has 1 N–H and O–H groups in total. The molecule has 2 aromatic rings. The molecule has 3 aliphatic rings. The number of hydrogen-bond acceptors (Lipinski definition) is 9. The van der Waals surface area contributed by atoms with Gasteiger partial charge in [-0.25, -0.2) is 9.97 Å². The van der Waals surface area contributed by atoms with E-state index in [-0.39, 0.29) is 11.9 Å². The van der Waals surface area contributed by atoms with Crippen molar-refractivity contribution in [1.29, 1.82) is 0 Å². The van der Waals surface area contributed by atoms with Gasteiger partial charge in [0.2, 0.25) is 5.95 Å². The van der Waals surface area contributed by atoms with Crippen LogP contribution in [0.1, 0.15) is 69.6 Å². The van der Waals surface area contributed by atoms with E-state index < -0.39 is 5.92 Å². The molecule has 0 radical (unpaired) electrons. The van der Waals surface area contributed by atoms with E-state index in [9.17, 15) is 4.79 Å². The summed E-state index contributed by atoms with van der Waals surface area (Å²) >= 11 is 0. The lowest BCUT2D eigenvalue weighted by atomic mass is 9.91. The molecule has 184 valence electrons. The highest BCUT2D eigenvalue weighted by atomic mass is 16.5. The first kappa shape index (κ1) is 23.1. The largest absolute Gasteiger partial charge is 0.465 e. The maximum atomic E-state index is 12.4. The Morgan fingerprint density at radius 3 is 2.44 bits per heavy atom. The van der Waals surface area contributed by atoms with Crippen LogP contribution in [0, 0.1) is 5.92 Å². The number of piperazine rings is 1. The van der Waals surface area contributed by atoms with Gasteiger partial charge in [-0.3, -0.25) is 4.79 Å². The Kier molecular flexibility index (Phi) is 6.72. The molecule has 3 fully saturated rings. The van der Waals surface area contributed by atoms with Crippen LogP contribution in [-0.2, 0) is 9.53 Å². The van der Waals surface area contributed by atoms with Gasteiger partial charge in [0.05, 0.1) is 6.61 Å². The molecule has 0 amide bonds. The maximum absolute atomic E-state index is 12.4. The number of fused-ring (bicyclic) bond motifs is 2. The molecule has 3 unspecified atom stereocenters. The van der Waals surface area contributed by atoms with E-state index in [4.69, 9.17) is 19.2 Å². The topological polar surface area (TPSA) is 96.6 Å². The minimum absolute atomic E-state index is 0.0740. The van der Waals surface area contributed by atoms with Gasteiger partial charge in [0, 0.05) is 56.7 Å². The first-order valence-corrected chi connectivity index (χ1v) is 12.7. The zero-order valence-electron chi connectivity index (χ0n) is 20.4. The van der Waals surface area contributed by atoms with E-state index >= 15 is 0 Å². The number of ether oxygens (including phenoxy) is 1. The molecule has 34 heavy (non-hydrogen) atoms. The number of rotatable bonds is 7. The van der Waals surface area contributed by atoms with Gasteiger partial charge in [0.25, 0.3) is 0 Å². The zero-order valence-corrected chi connectivity index (χ0v) is 20.4. The second-order valence-electron chi connectivity index (χ2n) is 10.1. The molecule has 0 spiro atoms. The first-order valence-electron chi connectivity index (χ1n) is 12.7. The molecule has 2 bridgehead atoms. The van der Waals surface area contributed by atoms with E-state index in [2.05, 4.69) is 20.3 Å². The molecule has 9 nitrogen and oxygen atoms in total. The van der Waals surface area contributed by atoms with Crippen LogP contribution in [0.3, 0.4) is 0 Å². The van der Waals surface area contributed by atoms with E-state index in [1.165, 1.54) is 18.4 Å². The van der Waals surface area contributed by atoms with Gasteiger partial charge in [-0.05, 0) is 50.0 Å². The van der Waals surface area contributed by atoms with Crippen molar-refractivity contribution < 1.29 is 14.1 Å². The molecular weight excluding hydrogens is 432 g/mol. The summed E-state index contributed by atoms with van der Waals surface area (Å²) in [5.41, 5.74) is 1.22. The van der Waals surface area contributed by atoms with Crippen LogP contribution in [0.25, 0.3) is 0 Å². The van der Waals surface area contributed by atoms with Gasteiger partial charge < -0.3 is 24.4 Å². The molecule has 5 heterocycles. The average molecular weight is 469 g/mol. The van der Waals surface area contributed by atoms with Crippen molar-refractivity contribution in [2.45, 2.75) is 70.4 Å². The van der Waals surface area contributed by atoms with Crippen molar-refractivity contribution in [3.8, 4) is 0 Å². The molecular formula is C25H36N6O3. The van der Waals surface area contributed by atoms with Crippen molar-refractivity contribution in [1.82, 2.24) is 20.4 Å². The Bertz CT molecular complexity index is 953.